The van der Waals surface area contributed by atoms with Crippen molar-refractivity contribution in [2.45, 2.75) is 5.72 Å². The molecule has 1 fully saturated rings. The van der Waals surface area contributed by atoms with Crippen molar-refractivity contribution in [1.82, 2.24) is 5.32 Å². The topological polar surface area (TPSA) is 58.6 Å². The average Bonchev–Trinajstić information content (AvgIpc) is 2.30. The van der Waals surface area contributed by atoms with Crippen LogP contribution in [-0.2, 0) is 10.5 Å². The van der Waals surface area contributed by atoms with Crippen molar-refractivity contribution >= 4 is 6.29 Å². The minimum atomic E-state index is -1.24. The molecule has 4 heteroatoms. The number of rotatable bonds is 2. The van der Waals surface area contributed by atoms with Crippen molar-refractivity contribution in [3.05, 3.63) is 35.4 Å². The lowest BCUT2D eigenvalue weighted by Crippen LogP contribution is -2.52. The van der Waals surface area contributed by atoms with Crippen LogP contribution < -0.4 is 5.32 Å². The Morgan fingerprint density at radius 1 is 1.47 bits per heavy atom. The van der Waals surface area contributed by atoms with Gasteiger partial charge >= 0.3 is 0 Å². The molecule has 4 nitrogen and oxygen atoms in total. The van der Waals surface area contributed by atoms with E-state index in [4.69, 9.17) is 4.74 Å². The number of carbonyl (C=O) groups excluding carboxylic acids is 1. The normalized spacial score (nSPS) is 26.2. The van der Waals surface area contributed by atoms with Crippen LogP contribution >= 0.6 is 0 Å². The van der Waals surface area contributed by atoms with Crippen LogP contribution in [0.5, 0.6) is 0 Å². The second-order valence-electron chi connectivity index (χ2n) is 3.54. The van der Waals surface area contributed by atoms with E-state index in [0.717, 1.165) is 6.29 Å². The van der Waals surface area contributed by atoms with Gasteiger partial charge < -0.3 is 9.84 Å². The van der Waals surface area contributed by atoms with E-state index in [1.165, 1.54) is 0 Å². The molecule has 1 heterocycles. The molecule has 15 heavy (non-hydrogen) atoms. The molecular weight excluding hydrogens is 194 g/mol. The highest BCUT2D eigenvalue weighted by molar-refractivity contribution is 5.77. The van der Waals surface area contributed by atoms with Crippen molar-refractivity contribution in [3.63, 3.8) is 0 Å². The Labute approximate surface area is 87.9 Å². The summed E-state index contributed by atoms with van der Waals surface area (Å²) in [5.74, 6) is 0. The maximum Gasteiger partial charge on any atom is 0.166 e. The third-order valence-electron chi connectivity index (χ3n) is 2.51. The van der Waals surface area contributed by atoms with Crippen LogP contribution in [0, 0.1) is 0 Å². The Hall–Kier alpha value is -1.23. The number of hydrogen-bond donors (Lipinski definition) is 2. The van der Waals surface area contributed by atoms with Crippen LogP contribution in [-0.4, -0.2) is 31.2 Å². The lowest BCUT2D eigenvalue weighted by atomic mass is 9.97. The molecule has 0 aliphatic carbocycles. The molecule has 1 atom stereocenters. The van der Waals surface area contributed by atoms with E-state index in [9.17, 15) is 9.90 Å². The first-order valence-corrected chi connectivity index (χ1v) is 4.86. The highest BCUT2D eigenvalue weighted by atomic mass is 16.5. The van der Waals surface area contributed by atoms with E-state index >= 15 is 0 Å². The zero-order valence-electron chi connectivity index (χ0n) is 8.27. The van der Waals surface area contributed by atoms with Gasteiger partial charge in [0.2, 0.25) is 0 Å². The molecule has 2 rings (SSSR count). The van der Waals surface area contributed by atoms with Gasteiger partial charge in [-0.25, -0.2) is 0 Å². The smallest absolute Gasteiger partial charge is 0.166 e. The summed E-state index contributed by atoms with van der Waals surface area (Å²) in [5, 5.41) is 13.2. The number of aldehydes is 1. The molecule has 1 saturated heterocycles. The summed E-state index contributed by atoms with van der Waals surface area (Å²) in [5.41, 5.74) is -0.187. The van der Waals surface area contributed by atoms with Gasteiger partial charge in [0.25, 0.3) is 0 Å². The first-order chi connectivity index (χ1) is 7.26. The quantitative estimate of drug-likeness (QED) is 0.683. The maximum absolute atomic E-state index is 10.8. The molecule has 0 bridgehead atoms. The van der Waals surface area contributed by atoms with Crippen LogP contribution in [0.1, 0.15) is 15.9 Å². The molecule has 0 spiro atoms. The molecule has 0 saturated carbocycles. The van der Waals surface area contributed by atoms with Gasteiger partial charge in [-0.1, -0.05) is 24.3 Å². The van der Waals surface area contributed by atoms with E-state index in [1.807, 2.05) is 0 Å². The summed E-state index contributed by atoms with van der Waals surface area (Å²) in [6.45, 7) is 1.31. The standard InChI is InChI=1S/C11H13NO3/c13-7-9-3-1-2-4-10(9)11(14)8-15-6-5-12-11/h1-4,7,12,14H,5-6,8H2/t11-/m1/s1. The van der Waals surface area contributed by atoms with Crippen molar-refractivity contribution in [2.75, 3.05) is 19.8 Å². The second kappa shape index (κ2) is 4.10. The van der Waals surface area contributed by atoms with Gasteiger partial charge in [0.05, 0.1) is 13.2 Å². The van der Waals surface area contributed by atoms with E-state index in [2.05, 4.69) is 5.32 Å². The van der Waals surface area contributed by atoms with Crippen molar-refractivity contribution in [2.24, 2.45) is 0 Å². The molecule has 1 aliphatic heterocycles. The third kappa shape index (κ3) is 1.92. The van der Waals surface area contributed by atoms with Gasteiger partial charge in [0, 0.05) is 17.7 Å². The summed E-state index contributed by atoms with van der Waals surface area (Å²) in [6.07, 6.45) is 0.740. The van der Waals surface area contributed by atoms with Gasteiger partial charge in [-0.2, -0.15) is 0 Å². The number of aliphatic hydroxyl groups is 1. The number of benzene rings is 1. The van der Waals surface area contributed by atoms with Crippen LogP contribution in [0.4, 0.5) is 0 Å². The monoisotopic (exact) mass is 207 g/mol. The molecular formula is C11H13NO3. The average molecular weight is 207 g/mol. The zero-order valence-corrected chi connectivity index (χ0v) is 8.27. The third-order valence-corrected chi connectivity index (χ3v) is 2.51. The van der Waals surface area contributed by atoms with Crippen LogP contribution in [0.3, 0.4) is 0 Å². The summed E-state index contributed by atoms with van der Waals surface area (Å²) in [4.78, 5) is 10.8. The molecule has 1 aromatic rings. The SMILES string of the molecule is O=Cc1ccccc1[C@]1(O)COCCN1. The highest BCUT2D eigenvalue weighted by Crippen LogP contribution is 2.23. The predicted octanol–water partition coefficient (Wildman–Crippen LogP) is 0.264. The van der Waals surface area contributed by atoms with Crippen LogP contribution in [0.25, 0.3) is 0 Å². The van der Waals surface area contributed by atoms with Crippen molar-refractivity contribution < 1.29 is 14.6 Å². The lowest BCUT2D eigenvalue weighted by molar-refractivity contribution is -0.106. The highest BCUT2D eigenvalue weighted by Gasteiger charge is 2.33. The summed E-state index contributed by atoms with van der Waals surface area (Å²) in [7, 11) is 0. The number of ether oxygens (including phenoxy) is 1. The minimum absolute atomic E-state index is 0.165. The summed E-state index contributed by atoms with van der Waals surface area (Å²) in [6, 6.07) is 6.96. The number of carbonyl (C=O) groups is 1. The second-order valence-corrected chi connectivity index (χ2v) is 3.54. The van der Waals surface area contributed by atoms with Gasteiger partial charge in [0.1, 0.15) is 6.29 Å². The molecule has 1 aliphatic rings. The van der Waals surface area contributed by atoms with E-state index in [1.54, 1.807) is 24.3 Å². The van der Waals surface area contributed by atoms with Crippen molar-refractivity contribution in [3.8, 4) is 0 Å². The number of morpholine rings is 1. The van der Waals surface area contributed by atoms with Gasteiger partial charge in [-0.05, 0) is 0 Å². The van der Waals surface area contributed by atoms with Gasteiger partial charge in [-0.15, -0.1) is 0 Å². The molecule has 80 valence electrons. The molecule has 0 amide bonds. The fraction of sp³-hybridized carbons (Fsp3) is 0.364. The Balaban J connectivity index is 2.38. The molecule has 2 N–H and O–H groups in total. The van der Waals surface area contributed by atoms with Gasteiger partial charge in [0.15, 0.2) is 5.72 Å². The number of nitrogens with one attached hydrogen (secondary N) is 1. The molecule has 0 radical (unpaired) electrons. The molecule has 0 aromatic heterocycles. The van der Waals surface area contributed by atoms with Crippen LogP contribution in [0.2, 0.25) is 0 Å². The summed E-state index contributed by atoms with van der Waals surface area (Å²) < 4.78 is 5.21. The van der Waals surface area contributed by atoms with Crippen molar-refractivity contribution in [1.29, 1.82) is 0 Å². The summed E-state index contributed by atoms with van der Waals surface area (Å²) >= 11 is 0. The number of hydrogen-bond acceptors (Lipinski definition) is 4. The zero-order chi connectivity index (χ0) is 10.7. The fourth-order valence-corrected chi connectivity index (χ4v) is 1.75. The Kier molecular flexibility index (Phi) is 2.81. The van der Waals surface area contributed by atoms with E-state index in [-0.39, 0.29) is 6.61 Å². The van der Waals surface area contributed by atoms with E-state index < -0.39 is 5.72 Å². The van der Waals surface area contributed by atoms with Crippen LogP contribution in [0.15, 0.2) is 24.3 Å². The first-order valence-electron chi connectivity index (χ1n) is 4.86. The maximum atomic E-state index is 10.8. The molecule has 0 unspecified atom stereocenters. The Morgan fingerprint density at radius 3 is 2.93 bits per heavy atom. The Morgan fingerprint density at radius 2 is 2.27 bits per heavy atom. The largest absolute Gasteiger partial charge is 0.375 e. The first kappa shape index (κ1) is 10.3. The minimum Gasteiger partial charge on any atom is -0.375 e. The fourth-order valence-electron chi connectivity index (χ4n) is 1.75. The Bertz CT molecular complexity index is 359. The van der Waals surface area contributed by atoms with E-state index in [0.29, 0.717) is 24.3 Å². The lowest BCUT2D eigenvalue weighted by Gasteiger charge is -2.34. The van der Waals surface area contributed by atoms with Gasteiger partial charge in [-0.3, -0.25) is 10.1 Å². The predicted molar refractivity (Wildman–Crippen MR) is 54.5 cm³/mol. The molecule has 1 aromatic carbocycles.